The minimum atomic E-state index is -0.144. The van der Waals surface area contributed by atoms with Gasteiger partial charge in [-0.05, 0) is 44.5 Å². The second-order valence-corrected chi connectivity index (χ2v) is 3.78. The molecule has 2 N–H and O–H groups in total. The average Bonchev–Trinajstić information content (AvgIpc) is 2.19. The Morgan fingerprint density at radius 1 is 1.53 bits per heavy atom. The quantitative estimate of drug-likeness (QED) is 0.785. The van der Waals surface area contributed by atoms with Gasteiger partial charge < -0.3 is 10.4 Å². The summed E-state index contributed by atoms with van der Waals surface area (Å²) in [6.45, 7) is 3.43. The Kier molecular flexibility index (Phi) is 3.86. The lowest BCUT2D eigenvalue weighted by atomic mass is 10.0. The highest BCUT2D eigenvalue weighted by molar-refractivity contribution is 5.81. The van der Waals surface area contributed by atoms with Gasteiger partial charge in [0, 0.05) is 0 Å². The van der Waals surface area contributed by atoms with Crippen molar-refractivity contribution in [2.45, 2.75) is 26.3 Å². The molecule has 1 aromatic rings. The minimum absolute atomic E-state index is 0.128. The van der Waals surface area contributed by atoms with Crippen LogP contribution in [0.1, 0.15) is 18.1 Å². The molecule has 82 valence electrons. The summed E-state index contributed by atoms with van der Waals surface area (Å²) in [5.41, 5.74) is 1.89. The number of phenolic OH excluding ortho intramolecular Hbond substituents is 1. The lowest BCUT2D eigenvalue weighted by Gasteiger charge is -2.13. The van der Waals surface area contributed by atoms with Crippen LogP contribution in [0.3, 0.4) is 0 Å². The molecule has 0 heterocycles. The molecule has 0 aliphatic heterocycles. The third kappa shape index (κ3) is 3.06. The van der Waals surface area contributed by atoms with Crippen molar-refractivity contribution in [3.63, 3.8) is 0 Å². The number of aryl methyl sites for hydroxylation is 1. The lowest BCUT2D eigenvalue weighted by molar-refractivity contribution is -0.118. The van der Waals surface area contributed by atoms with Crippen LogP contribution in [-0.4, -0.2) is 24.0 Å². The number of ketones is 1. The largest absolute Gasteiger partial charge is 0.508 e. The third-order valence-corrected chi connectivity index (χ3v) is 2.54. The summed E-state index contributed by atoms with van der Waals surface area (Å²) in [4.78, 5) is 11.2. The minimum Gasteiger partial charge on any atom is -0.508 e. The molecule has 15 heavy (non-hydrogen) atoms. The molecule has 1 unspecified atom stereocenters. The number of carbonyl (C=O) groups is 1. The Labute approximate surface area is 90.1 Å². The van der Waals surface area contributed by atoms with Gasteiger partial charge in [0.2, 0.25) is 0 Å². The van der Waals surface area contributed by atoms with Gasteiger partial charge >= 0.3 is 0 Å². The first-order valence-electron chi connectivity index (χ1n) is 5.00. The van der Waals surface area contributed by atoms with Gasteiger partial charge in [-0.3, -0.25) is 4.79 Å². The number of aromatic hydroxyl groups is 1. The Hall–Kier alpha value is -1.35. The molecule has 0 amide bonds. The first kappa shape index (κ1) is 11.7. The number of likely N-dealkylation sites (N-methyl/N-ethyl adjacent to an activating group) is 1. The maximum Gasteiger partial charge on any atom is 0.147 e. The second kappa shape index (κ2) is 4.94. The SMILES string of the molecule is CNC(Cc1ccc(O)c(C)c1)C(C)=O. The van der Waals surface area contributed by atoms with E-state index in [1.165, 1.54) is 0 Å². The zero-order valence-corrected chi connectivity index (χ0v) is 9.37. The maximum atomic E-state index is 11.2. The van der Waals surface area contributed by atoms with E-state index in [0.717, 1.165) is 11.1 Å². The molecule has 1 aromatic carbocycles. The van der Waals surface area contributed by atoms with Crippen LogP contribution in [0.2, 0.25) is 0 Å². The Balaban J connectivity index is 2.80. The lowest BCUT2D eigenvalue weighted by Crippen LogP contribution is -2.34. The maximum absolute atomic E-state index is 11.2. The zero-order chi connectivity index (χ0) is 11.4. The van der Waals surface area contributed by atoms with Gasteiger partial charge in [-0.2, -0.15) is 0 Å². The van der Waals surface area contributed by atoms with Gasteiger partial charge in [0.05, 0.1) is 6.04 Å². The van der Waals surface area contributed by atoms with Crippen molar-refractivity contribution < 1.29 is 9.90 Å². The van der Waals surface area contributed by atoms with Crippen molar-refractivity contribution in [1.82, 2.24) is 5.32 Å². The van der Waals surface area contributed by atoms with Gasteiger partial charge in [-0.25, -0.2) is 0 Å². The van der Waals surface area contributed by atoms with E-state index in [0.29, 0.717) is 12.2 Å². The van der Waals surface area contributed by atoms with Crippen molar-refractivity contribution in [1.29, 1.82) is 0 Å². The fraction of sp³-hybridized carbons (Fsp3) is 0.417. The fourth-order valence-electron chi connectivity index (χ4n) is 1.53. The summed E-state index contributed by atoms with van der Waals surface area (Å²) in [7, 11) is 1.78. The zero-order valence-electron chi connectivity index (χ0n) is 9.37. The number of rotatable bonds is 4. The fourth-order valence-corrected chi connectivity index (χ4v) is 1.53. The van der Waals surface area contributed by atoms with Gasteiger partial charge in [0.1, 0.15) is 11.5 Å². The number of hydrogen-bond donors (Lipinski definition) is 2. The van der Waals surface area contributed by atoms with E-state index in [2.05, 4.69) is 5.32 Å². The highest BCUT2D eigenvalue weighted by Gasteiger charge is 2.12. The molecule has 0 spiro atoms. The highest BCUT2D eigenvalue weighted by atomic mass is 16.3. The predicted molar refractivity (Wildman–Crippen MR) is 60.1 cm³/mol. The van der Waals surface area contributed by atoms with Crippen LogP contribution >= 0.6 is 0 Å². The van der Waals surface area contributed by atoms with Gasteiger partial charge in [0.15, 0.2) is 0 Å². The molecule has 3 heteroatoms. The van der Waals surface area contributed by atoms with Crippen LogP contribution in [0.15, 0.2) is 18.2 Å². The van der Waals surface area contributed by atoms with E-state index in [-0.39, 0.29) is 11.8 Å². The molecule has 1 rings (SSSR count). The smallest absolute Gasteiger partial charge is 0.147 e. The number of benzene rings is 1. The van der Waals surface area contributed by atoms with Gasteiger partial charge in [0.25, 0.3) is 0 Å². The van der Waals surface area contributed by atoms with Crippen molar-refractivity contribution in [3.05, 3.63) is 29.3 Å². The van der Waals surface area contributed by atoms with E-state index < -0.39 is 0 Å². The summed E-state index contributed by atoms with van der Waals surface area (Å²) in [6, 6.07) is 5.27. The van der Waals surface area contributed by atoms with Crippen LogP contribution in [0.4, 0.5) is 0 Å². The summed E-state index contributed by atoms with van der Waals surface area (Å²) in [6.07, 6.45) is 0.660. The van der Waals surface area contributed by atoms with Crippen molar-refractivity contribution in [2.75, 3.05) is 7.05 Å². The first-order chi connectivity index (χ1) is 7.04. The molecular formula is C12H17NO2. The van der Waals surface area contributed by atoms with Gasteiger partial charge in [-0.15, -0.1) is 0 Å². The molecule has 0 saturated carbocycles. The molecule has 0 fully saturated rings. The number of carbonyl (C=O) groups excluding carboxylic acids is 1. The molecule has 0 saturated heterocycles. The number of phenols is 1. The van der Waals surface area contributed by atoms with Gasteiger partial charge in [-0.1, -0.05) is 12.1 Å². The Morgan fingerprint density at radius 2 is 2.20 bits per heavy atom. The number of hydrogen-bond acceptors (Lipinski definition) is 3. The predicted octanol–water partition coefficient (Wildman–Crippen LogP) is 1.42. The molecule has 0 bridgehead atoms. The van der Waals surface area contributed by atoms with Crippen molar-refractivity contribution >= 4 is 5.78 Å². The monoisotopic (exact) mass is 207 g/mol. The summed E-state index contributed by atoms with van der Waals surface area (Å²) in [5, 5.41) is 12.3. The molecule has 3 nitrogen and oxygen atoms in total. The van der Waals surface area contributed by atoms with Crippen LogP contribution in [0, 0.1) is 6.92 Å². The summed E-state index contributed by atoms with van der Waals surface area (Å²) >= 11 is 0. The molecule has 0 aliphatic carbocycles. The van der Waals surface area contributed by atoms with Crippen molar-refractivity contribution in [3.8, 4) is 5.75 Å². The topological polar surface area (TPSA) is 49.3 Å². The van der Waals surface area contributed by atoms with E-state index in [4.69, 9.17) is 0 Å². The number of Topliss-reactive ketones (excluding diaryl/α,β-unsaturated/α-hetero) is 1. The third-order valence-electron chi connectivity index (χ3n) is 2.54. The first-order valence-corrected chi connectivity index (χ1v) is 5.00. The highest BCUT2D eigenvalue weighted by Crippen LogP contribution is 2.17. The summed E-state index contributed by atoms with van der Waals surface area (Å²) < 4.78 is 0. The summed E-state index contributed by atoms with van der Waals surface area (Å²) in [5.74, 6) is 0.422. The normalized spacial score (nSPS) is 12.5. The van der Waals surface area contributed by atoms with E-state index in [9.17, 15) is 9.90 Å². The Morgan fingerprint density at radius 3 is 2.67 bits per heavy atom. The van der Waals surface area contributed by atoms with E-state index in [1.54, 1.807) is 20.0 Å². The van der Waals surface area contributed by atoms with Crippen LogP contribution in [0.25, 0.3) is 0 Å². The molecule has 1 atom stereocenters. The average molecular weight is 207 g/mol. The standard InChI is InChI=1S/C12H17NO2/c1-8-6-10(4-5-12(8)15)7-11(13-3)9(2)14/h4-6,11,13,15H,7H2,1-3H3. The second-order valence-electron chi connectivity index (χ2n) is 3.78. The van der Waals surface area contributed by atoms with E-state index in [1.807, 2.05) is 19.1 Å². The van der Waals surface area contributed by atoms with Crippen LogP contribution < -0.4 is 5.32 Å². The molecule has 0 radical (unpaired) electrons. The van der Waals surface area contributed by atoms with E-state index >= 15 is 0 Å². The molecular weight excluding hydrogens is 190 g/mol. The molecule has 0 aromatic heterocycles. The Bertz CT molecular complexity index is 361. The van der Waals surface area contributed by atoms with Crippen molar-refractivity contribution in [2.24, 2.45) is 0 Å². The molecule has 0 aliphatic rings. The number of nitrogens with one attached hydrogen (secondary N) is 1. The van der Waals surface area contributed by atoms with Crippen LogP contribution in [0.5, 0.6) is 5.75 Å². The van der Waals surface area contributed by atoms with Crippen LogP contribution in [-0.2, 0) is 11.2 Å².